The van der Waals surface area contributed by atoms with Crippen LogP contribution in [0.2, 0.25) is 0 Å². The standard InChI is InChI=1S/C14H15O2PS3/c1-2-19-20-17(18,15-13-9-5-3-6-10-13)16-14-11-7-4-8-12-14/h3-12H,2H2,1H3. The van der Waals surface area contributed by atoms with E-state index < -0.39 is 5.69 Å². The van der Waals surface area contributed by atoms with Crippen molar-refractivity contribution in [2.45, 2.75) is 6.92 Å². The highest BCUT2D eigenvalue weighted by Crippen LogP contribution is 2.64. The Morgan fingerprint density at radius 1 is 0.900 bits per heavy atom. The van der Waals surface area contributed by atoms with Crippen molar-refractivity contribution >= 4 is 38.7 Å². The molecule has 0 atom stereocenters. The van der Waals surface area contributed by atoms with Gasteiger partial charge in [0, 0.05) is 28.0 Å². The van der Waals surface area contributed by atoms with E-state index in [1.54, 1.807) is 10.8 Å². The van der Waals surface area contributed by atoms with Crippen molar-refractivity contribution in [3.8, 4) is 11.5 Å². The van der Waals surface area contributed by atoms with Crippen molar-refractivity contribution < 1.29 is 9.05 Å². The Balaban J connectivity index is 2.15. The van der Waals surface area contributed by atoms with Gasteiger partial charge in [-0.2, -0.15) is 0 Å². The molecule has 0 bridgehead atoms. The number of hydrogen-bond acceptors (Lipinski definition) is 5. The van der Waals surface area contributed by atoms with E-state index in [2.05, 4.69) is 6.92 Å². The Labute approximate surface area is 132 Å². The quantitative estimate of drug-likeness (QED) is 0.468. The van der Waals surface area contributed by atoms with Gasteiger partial charge < -0.3 is 9.05 Å². The summed E-state index contributed by atoms with van der Waals surface area (Å²) in [4.78, 5) is 0. The molecule has 0 aromatic heterocycles. The van der Waals surface area contributed by atoms with Crippen LogP contribution in [0.15, 0.2) is 60.7 Å². The molecule has 0 aliphatic carbocycles. The minimum absolute atomic E-state index is 0.746. The lowest BCUT2D eigenvalue weighted by atomic mass is 10.3. The van der Waals surface area contributed by atoms with Crippen LogP contribution >= 0.6 is 26.9 Å². The minimum atomic E-state index is -2.47. The van der Waals surface area contributed by atoms with Crippen LogP contribution in [-0.2, 0) is 11.8 Å². The maximum atomic E-state index is 5.95. The first-order valence-corrected chi connectivity index (χ1v) is 11.7. The summed E-state index contributed by atoms with van der Waals surface area (Å²) in [6, 6.07) is 19.2. The summed E-state index contributed by atoms with van der Waals surface area (Å²) in [5.41, 5.74) is -2.47. The smallest absolute Gasteiger partial charge is 0.359 e. The van der Waals surface area contributed by atoms with Crippen molar-refractivity contribution in [3.05, 3.63) is 60.7 Å². The highest BCUT2D eigenvalue weighted by molar-refractivity contribution is 9.03. The third kappa shape index (κ3) is 5.06. The van der Waals surface area contributed by atoms with E-state index in [9.17, 15) is 0 Å². The average Bonchev–Trinajstić information content (AvgIpc) is 2.47. The molecule has 2 aromatic rings. The van der Waals surface area contributed by atoms with Crippen LogP contribution in [0.1, 0.15) is 6.92 Å². The third-order valence-corrected chi connectivity index (χ3v) is 10.3. The highest BCUT2D eigenvalue weighted by Gasteiger charge is 2.24. The maximum Gasteiger partial charge on any atom is 0.359 e. The van der Waals surface area contributed by atoms with E-state index in [1.165, 1.54) is 10.4 Å². The van der Waals surface area contributed by atoms with Crippen molar-refractivity contribution in [3.63, 3.8) is 0 Å². The van der Waals surface area contributed by atoms with E-state index in [0.717, 1.165) is 17.3 Å². The zero-order chi connectivity index (χ0) is 14.3. The fraction of sp³-hybridized carbons (Fsp3) is 0.143. The second-order valence-corrected chi connectivity index (χ2v) is 12.0. The number of hydrogen-bond donors (Lipinski definition) is 0. The summed E-state index contributed by atoms with van der Waals surface area (Å²) in [6.07, 6.45) is 0. The summed E-state index contributed by atoms with van der Waals surface area (Å²) < 4.78 is 11.9. The minimum Gasteiger partial charge on any atom is -0.428 e. The zero-order valence-electron chi connectivity index (χ0n) is 11.0. The molecule has 2 rings (SSSR count). The molecule has 0 radical (unpaired) electrons. The van der Waals surface area contributed by atoms with Crippen molar-refractivity contribution in [2.75, 3.05) is 5.75 Å². The predicted molar refractivity (Wildman–Crippen MR) is 94.1 cm³/mol. The Morgan fingerprint density at radius 3 is 1.75 bits per heavy atom. The molecule has 0 fully saturated rings. The first-order valence-electron chi connectivity index (χ1n) is 6.12. The van der Waals surface area contributed by atoms with Gasteiger partial charge in [-0.25, -0.2) is 0 Å². The Bertz CT molecular complexity index is 518. The molecule has 0 saturated heterocycles. The van der Waals surface area contributed by atoms with Gasteiger partial charge in [0.1, 0.15) is 11.5 Å². The van der Waals surface area contributed by atoms with Gasteiger partial charge in [0.25, 0.3) is 0 Å². The molecule has 6 heteroatoms. The van der Waals surface area contributed by atoms with Gasteiger partial charge in [-0.3, -0.25) is 0 Å². The number of benzene rings is 2. The monoisotopic (exact) mass is 342 g/mol. The number of rotatable bonds is 7. The first kappa shape index (κ1) is 15.8. The van der Waals surface area contributed by atoms with E-state index >= 15 is 0 Å². The Morgan fingerprint density at radius 2 is 1.35 bits per heavy atom. The molecular weight excluding hydrogens is 327 g/mol. The highest BCUT2D eigenvalue weighted by atomic mass is 33.4. The molecule has 2 nitrogen and oxygen atoms in total. The molecule has 0 heterocycles. The summed E-state index contributed by atoms with van der Waals surface area (Å²) >= 11 is 5.64. The molecule has 0 aliphatic rings. The van der Waals surface area contributed by atoms with Crippen LogP contribution in [0.3, 0.4) is 0 Å². The summed E-state index contributed by atoms with van der Waals surface area (Å²) in [7, 11) is 3.18. The molecule has 0 unspecified atom stereocenters. The maximum absolute atomic E-state index is 5.95. The van der Waals surface area contributed by atoms with Crippen LogP contribution in [0.5, 0.6) is 11.5 Å². The lowest BCUT2D eigenvalue weighted by molar-refractivity contribution is 0.507. The summed E-state index contributed by atoms with van der Waals surface area (Å²) in [5.74, 6) is 2.45. The molecular formula is C14H15O2PS3. The van der Waals surface area contributed by atoms with E-state index in [-0.39, 0.29) is 0 Å². The van der Waals surface area contributed by atoms with Crippen molar-refractivity contribution in [1.29, 1.82) is 0 Å². The average molecular weight is 342 g/mol. The summed E-state index contributed by atoms with van der Waals surface area (Å²) in [6.45, 7) is 2.09. The van der Waals surface area contributed by atoms with Crippen LogP contribution < -0.4 is 9.05 Å². The van der Waals surface area contributed by atoms with Gasteiger partial charge in [-0.05, 0) is 24.3 Å². The molecule has 2 aromatic carbocycles. The summed E-state index contributed by atoms with van der Waals surface area (Å²) in [5, 5.41) is 0. The van der Waals surface area contributed by atoms with Crippen molar-refractivity contribution in [1.82, 2.24) is 0 Å². The fourth-order valence-electron chi connectivity index (χ4n) is 1.39. The predicted octanol–water partition coefficient (Wildman–Crippen LogP) is 5.77. The van der Waals surface area contributed by atoms with Gasteiger partial charge in [-0.1, -0.05) is 54.1 Å². The van der Waals surface area contributed by atoms with E-state index in [0.29, 0.717) is 0 Å². The fourth-order valence-corrected chi connectivity index (χ4v) is 8.22. The lowest BCUT2D eigenvalue weighted by Crippen LogP contribution is -1.96. The number of para-hydroxylation sites is 2. The Hall–Kier alpha value is -0.610. The van der Waals surface area contributed by atoms with Gasteiger partial charge in [0.05, 0.1) is 0 Å². The van der Waals surface area contributed by atoms with Gasteiger partial charge >= 0.3 is 5.69 Å². The van der Waals surface area contributed by atoms with Crippen LogP contribution in [0, 0.1) is 0 Å². The first-order chi connectivity index (χ1) is 9.72. The molecule has 0 N–H and O–H groups in total. The van der Waals surface area contributed by atoms with E-state index in [1.807, 2.05) is 60.7 Å². The topological polar surface area (TPSA) is 18.5 Å². The Kier molecular flexibility index (Phi) is 6.30. The molecule has 0 aliphatic heterocycles. The van der Waals surface area contributed by atoms with Crippen LogP contribution in [0.4, 0.5) is 0 Å². The second-order valence-electron chi connectivity index (χ2n) is 3.74. The molecule has 106 valence electrons. The molecule has 0 saturated carbocycles. The van der Waals surface area contributed by atoms with Crippen LogP contribution in [-0.4, -0.2) is 5.75 Å². The molecule has 0 amide bonds. The van der Waals surface area contributed by atoms with Gasteiger partial charge in [0.15, 0.2) is 0 Å². The zero-order valence-corrected chi connectivity index (χ0v) is 14.3. The van der Waals surface area contributed by atoms with Gasteiger partial charge in [0.2, 0.25) is 0 Å². The third-order valence-electron chi connectivity index (χ3n) is 2.18. The van der Waals surface area contributed by atoms with E-state index in [4.69, 9.17) is 20.9 Å². The van der Waals surface area contributed by atoms with Gasteiger partial charge in [-0.15, -0.1) is 0 Å². The van der Waals surface area contributed by atoms with Crippen molar-refractivity contribution in [2.24, 2.45) is 0 Å². The lowest BCUT2D eigenvalue weighted by Gasteiger charge is -2.21. The SMILES string of the molecule is CCSSP(=S)(Oc1ccccc1)Oc1ccccc1. The second kappa shape index (κ2) is 7.99. The normalized spacial score (nSPS) is 11.1. The molecule has 20 heavy (non-hydrogen) atoms. The largest absolute Gasteiger partial charge is 0.428 e. The van der Waals surface area contributed by atoms with Crippen LogP contribution in [0.25, 0.3) is 0 Å². The molecule has 0 spiro atoms.